The Labute approximate surface area is 255 Å². The monoisotopic (exact) mass is 609 g/mol. The molecule has 0 saturated carbocycles. The molecule has 0 saturated heterocycles. The van der Waals surface area contributed by atoms with Crippen LogP contribution in [0.3, 0.4) is 0 Å². The maximum Gasteiger partial charge on any atom is 0.406 e. The van der Waals surface area contributed by atoms with Crippen LogP contribution < -0.4 is 20.9 Å². The van der Waals surface area contributed by atoms with E-state index in [0.29, 0.717) is 34.2 Å². The molecule has 2 aromatic carbocycles. The largest absolute Gasteiger partial charge is 0.406 e. The molecule has 13 heteroatoms. The van der Waals surface area contributed by atoms with Gasteiger partial charge >= 0.3 is 6.18 Å². The molecule has 1 aliphatic rings. The molecule has 0 radical (unpaired) electrons. The average Bonchev–Trinajstić information content (AvgIpc) is 3.60. The van der Waals surface area contributed by atoms with Crippen molar-refractivity contribution in [2.75, 3.05) is 27.4 Å². The first-order valence-electron chi connectivity index (χ1n) is 13.7. The summed E-state index contributed by atoms with van der Waals surface area (Å²) in [7, 11) is 0. The number of aromatic amines is 1. The Morgan fingerprint density at radius 1 is 0.956 bits per heavy atom. The van der Waals surface area contributed by atoms with Crippen LogP contribution in [0.25, 0.3) is 0 Å². The lowest BCUT2D eigenvalue weighted by atomic mass is 10.0. The van der Waals surface area contributed by atoms with E-state index < -0.39 is 24.4 Å². The number of aliphatic imine (C=N–C) groups is 1. The highest BCUT2D eigenvalue weighted by Crippen LogP contribution is 2.44. The van der Waals surface area contributed by atoms with Crippen molar-refractivity contribution in [1.82, 2.24) is 19.9 Å². The molecule has 0 spiro atoms. The third-order valence-electron chi connectivity index (χ3n) is 7.07. The Morgan fingerprint density at radius 2 is 1.71 bits per heavy atom. The number of imidazole rings is 1. The second kappa shape index (κ2) is 12.0. The minimum atomic E-state index is -4.67. The number of nitrogens with two attached hydrogens (primary N) is 1. The van der Waals surface area contributed by atoms with Crippen molar-refractivity contribution in [3.05, 3.63) is 139 Å². The zero-order valence-corrected chi connectivity index (χ0v) is 23.6. The molecular weight excluding hydrogens is 583 g/mol. The summed E-state index contributed by atoms with van der Waals surface area (Å²) in [4.78, 5) is 36.5. The first-order chi connectivity index (χ1) is 21.7. The number of carbonyl (C=O) groups is 1. The molecule has 6 rings (SSSR count). The van der Waals surface area contributed by atoms with Gasteiger partial charge in [-0.2, -0.15) is 13.2 Å². The molecule has 226 valence electrons. The van der Waals surface area contributed by atoms with Crippen molar-refractivity contribution in [2.24, 2.45) is 4.99 Å². The third kappa shape index (κ3) is 5.95. The van der Waals surface area contributed by atoms with Crippen LogP contribution in [0.2, 0.25) is 0 Å². The van der Waals surface area contributed by atoms with Crippen molar-refractivity contribution in [1.29, 1.82) is 0 Å². The number of alkyl halides is 3. The number of benzene rings is 2. The van der Waals surface area contributed by atoms with Gasteiger partial charge in [0.25, 0.3) is 5.91 Å². The molecule has 0 fully saturated rings. The number of aromatic nitrogens is 4. The number of para-hydroxylation sites is 2. The van der Waals surface area contributed by atoms with E-state index in [2.05, 4.69) is 25.3 Å². The Morgan fingerprint density at radius 3 is 2.36 bits per heavy atom. The summed E-state index contributed by atoms with van der Waals surface area (Å²) in [5.74, 6) is -1.98. The van der Waals surface area contributed by atoms with Gasteiger partial charge < -0.3 is 25.8 Å². The van der Waals surface area contributed by atoms with Crippen molar-refractivity contribution in [3.63, 3.8) is 0 Å². The maximum atomic E-state index is 14.6. The number of rotatable bonds is 8. The van der Waals surface area contributed by atoms with Crippen molar-refractivity contribution in [3.8, 4) is 0 Å². The molecule has 3 aromatic heterocycles. The standard InChI is InChI=1S/C32H26F3N9O/c33-31(34,35)21-44(24-11-9-22(10-12-24)30(45)41-27-8-2-1-7-26(27)36)32(23-5-3-14-37-19-23)42-28(29-39-16-17-40-29)13-18-43(32)25-6-4-15-38-20-25/h1-20H,21,36H2,(H,39,40)(H,41,45). The van der Waals surface area contributed by atoms with Crippen LogP contribution in [0.4, 0.5) is 35.9 Å². The number of hydrogen-bond acceptors (Lipinski definition) is 8. The highest BCUT2D eigenvalue weighted by molar-refractivity contribution is 6.08. The molecule has 1 amide bonds. The summed E-state index contributed by atoms with van der Waals surface area (Å²) in [6.45, 7) is -1.41. The maximum absolute atomic E-state index is 14.6. The van der Waals surface area contributed by atoms with Crippen LogP contribution in [0.15, 0.2) is 127 Å². The minimum Gasteiger partial charge on any atom is -0.397 e. The molecule has 1 aliphatic heterocycles. The minimum absolute atomic E-state index is 0.138. The lowest BCUT2D eigenvalue weighted by molar-refractivity contribution is -0.122. The van der Waals surface area contributed by atoms with Crippen LogP contribution in [0.1, 0.15) is 21.7 Å². The van der Waals surface area contributed by atoms with E-state index in [4.69, 9.17) is 10.7 Å². The Bertz CT molecular complexity index is 1830. The second-order valence-electron chi connectivity index (χ2n) is 10.00. The van der Waals surface area contributed by atoms with E-state index in [9.17, 15) is 18.0 Å². The smallest absolute Gasteiger partial charge is 0.397 e. The molecule has 4 N–H and O–H groups in total. The number of nitrogens with zero attached hydrogens (tertiary/aromatic N) is 6. The summed E-state index contributed by atoms with van der Waals surface area (Å²) >= 11 is 0. The van der Waals surface area contributed by atoms with Gasteiger partial charge in [0.15, 0.2) is 5.82 Å². The van der Waals surface area contributed by atoms with Gasteiger partial charge in [0.2, 0.25) is 5.79 Å². The first-order valence-corrected chi connectivity index (χ1v) is 13.7. The number of nitrogen functional groups attached to an aromatic ring is 1. The van der Waals surface area contributed by atoms with E-state index in [-0.39, 0.29) is 11.3 Å². The topological polar surface area (TPSA) is 128 Å². The lowest BCUT2D eigenvalue weighted by Gasteiger charge is -2.50. The van der Waals surface area contributed by atoms with Crippen LogP contribution in [-0.2, 0) is 5.79 Å². The zero-order valence-electron chi connectivity index (χ0n) is 23.6. The van der Waals surface area contributed by atoms with Crippen molar-refractivity contribution in [2.45, 2.75) is 12.0 Å². The van der Waals surface area contributed by atoms with Crippen LogP contribution in [0, 0.1) is 0 Å². The van der Waals surface area contributed by atoms with Gasteiger partial charge in [-0.15, -0.1) is 0 Å². The lowest BCUT2D eigenvalue weighted by Crippen LogP contribution is -2.60. The summed E-state index contributed by atoms with van der Waals surface area (Å²) in [6, 6.07) is 19.3. The Kier molecular flexibility index (Phi) is 7.73. The number of halogens is 3. The number of amides is 1. The van der Waals surface area contributed by atoms with Crippen LogP contribution >= 0.6 is 0 Å². The Balaban J connectivity index is 1.52. The van der Waals surface area contributed by atoms with E-state index >= 15 is 0 Å². The van der Waals surface area contributed by atoms with Gasteiger partial charge in [-0.3, -0.25) is 14.8 Å². The van der Waals surface area contributed by atoms with Gasteiger partial charge in [-0.1, -0.05) is 12.1 Å². The van der Waals surface area contributed by atoms with Crippen LogP contribution in [0.5, 0.6) is 0 Å². The van der Waals surface area contributed by atoms with E-state index in [1.807, 2.05) is 0 Å². The molecule has 5 aromatic rings. The van der Waals surface area contributed by atoms with Gasteiger partial charge in [0.05, 0.1) is 23.3 Å². The molecule has 1 atom stereocenters. The van der Waals surface area contributed by atoms with Crippen molar-refractivity contribution >= 4 is 34.4 Å². The van der Waals surface area contributed by atoms with Crippen molar-refractivity contribution < 1.29 is 18.0 Å². The molecule has 4 heterocycles. The fourth-order valence-electron chi connectivity index (χ4n) is 5.08. The summed E-state index contributed by atoms with van der Waals surface area (Å²) in [5.41, 5.74) is 8.24. The van der Waals surface area contributed by atoms with E-state index in [1.165, 1.54) is 49.1 Å². The first kappa shape index (κ1) is 29.1. The number of hydrogen-bond donors (Lipinski definition) is 3. The predicted octanol–water partition coefficient (Wildman–Crippen LogP) is 5.74. The van der Waals surface area contributed by atoms with E-state index in [0.717, 1.165) is 4.90 Å². The van der Waals surface area contributed by atoms with E-state index in [1.54, 1.807) is 78.1 Å². The molecular formula is C32H26F3N9O. The fraction of sp³-hybridized carbons (Fsp3) is 0.0938. The number of anilines is 4. The third-order valence-corrected chi connectivity index (χ3v) is 7.07. The normalized spacial score (nSPS) is 16.2. The van der Waals surface area contributed by atoms with Gasteiger partial charge in [0.1, 0.15) is 12.3 Å². The number of nitrogens with one attached hydrogen (secondary N) is 2. The van der Waals surface area contributed by atoms with Gasteiger partial charge in [0, 0.05) is 54.0 Å². The number of allylic oxidation sites excluding steroid dienone is 1. The summed E-state index contributed by atoms with van der Waals surface area (Å²) in [5, 5.41) is 2.74. The zero-order chi connectivity index (χ0) is 31.4. The number of carbonyl (C=O) groups excluding carboxylic acids is 1. The van der Waals surface area contributed by atoms with Gasteiger partial charge in [-0.25, -0.2) is 9.98 Å². The fourth-order valence-corrected chi connectivity index (χ4v) is 5.08. The number of pyridine rings is 2. The highest BCUT2D eigenvalue weighted by atomic mass is 19.4. The molecule has 0 bridgehead atoms. The molecule has 45 heavy (non-hydrogen) atoms. The van der Waals surface area contributed by atoms with Crippen LogP contribution in [-0.4, -0.2) is 44.3 Å². The highest BCUT2D eigenvalue weighted by Gasteiger charge is 2.50. The number of H-pyrrole nitrogens is 1. The van der Waals surface area contributed by atoms with Gasteiger partial charge in [-0.05, 0) is 66.7 Å². The predicted molar refractivity (Wildman–Crippen MR) is 166 cm³/mol. The summed E-state index contributed by atoms with van der Waals surface area (Å²) < 4.78 is 43.7. The molecule has 1 unspecified atom stereocenters. The average molecular weight is 610 g/mol. The molecule has 0 aliphatic carbocycles. The quantitative estimate of drug-likeness (QED) is 0.192. The second-order valence-corrected chi connectivity index (χ2v) is 10.00. The molecule has 10 nitrogen and oxygen atoms in total. The summed E-state index contributed by atoms with van der Waals surface area (Å²) in [6.07, 6.45) is 7.88. The SMILES string of the molecule is Nc1ccccc1NC(=O)c1ccc(N(CC(F)(F)F)C2(c3cccnc3)N=C(c3ncc[nH]3)C=CN2c2cccnc2)cc1. The Hall–Kier alpha value is -5.98.